The van der Waals surface area contributed by atoms with Crippen molar-refractivity contribution in [2.45, 2.75) is 25.7 Å². The van der Waals surface area contributed by atoms with Gasteiger partial charge >= 0.3 is 0 Å². The van der Waals surface area contributed by atoms with Gasteiger partial charge in [0.2, 0.25) is 5.91 Å². The summed E-state index contributed by atoms with van der Waals surface area (Å²) in [6, 6.07) is 10.6. The molecule has 0 spiro atoms. The van der Waals surface area contributed by atoms with Crippen molar-refractivity contribution in [2.75, 3.05) is 13.1 Å². The van der Waals surface area contributed by atoms with E-state index in [1.54, 1.807) is 16.8 Å². The van der Waals surface area contributed by atoms with Crippen LogP contribution < -0.4 is 0 Å². The van der Waals surface area contributed by atoms with E-state index in [0.717, 1.165) is 38.0 Å². The molecule has 0 N–H and O–H groups in total. The van der Waals surface area contributed by atoms with E-state index in [-0.39, 0.29) is 5.91 Å². The molecule has 0 bridgehead atoms. The molecule has 1 fully saturated rings. The number of hydrogen-bond acceptors (Lipinski definition) is 3. The van der Waals surface area contributed by atoms with Gasteiger partial charge in [-0.3, -0.25) is 4.79 Å². The largest absolute Gasteiger partial charge is 0.342 e. The molecule has 1 saturated heterocycles. The molecule has 1 amide bonds. The molecular formula is C17H20N2OS. The summed E-state index contributed by atoms with van der Waals surface area (Å²) in [6.07, 6.45) is 3.80. The average molecular weight is 300 g/mol. The molecule has 0 saturated carbocycles. The lowest BCUT2D eigenvalue weighted by Gasteiger charge is -2.32. The number of carbonyl (C=O) groups excluding carboxylic acids is 1. The van der Waals surface area contributed by atoms with Gasteiger partial charge in [-0.25, -0.2) is 4.98 Å². The van der Waals surface area contributed by atoms with Gasteiger partial charge in [0.1, 0.15) is 0 Å². The van der Waals surface area contributed by atoms with Crippen molar-refractivity contribution in [2.24, 2.45) is 5.92 Å². The van der Waals surface area contributed by atoms with Crippen LogP contribution in [0.5, 0.6) is 0 Å². The van der Waals surface area contributed by atoms with Gasteiger partial charge in [-0.15, -0.1) is 11.3 Å². The van der Waals surface area contributed by atoms with Crippen LogP contribution in [0.25, 0.3) is 0 Å². The fraction of sp³-hybridized carbons (Fsp3) is 0.412. The van der Waals surface area contributed by atoms with Crippen molar-refractivity contribution in [3.8, 4) is 0 Å². The van der Waals surface area contributed by atoms with Gasteiger partial charge in [-0.05, 0) is 30.7 Å². The Labute approximate surface area is 129 Å². The Morgan fingerprint density at radius 1 is 1.24 bits per heavy atom. The van der Waals surface area contributed by atoms with Crippen molar-refractivity contribution < 1.29 is 4.79 Å². The first-order valence-electron chi connectivity index (χ1n) is 7.50. The highest BCUT2D eigenvalue weighted by molar-refractivity contribution is 7.07. The van der Waals surface area contributed by atoms with Crippen LogP contribution >= 0.6 is 11.3 Å². The third kappa shape index (κ3) is 3.91. The number of piperidine rings is 1. The lowest BCUT2D eigenvalue weighted by atomic mass is 9.90. The van der Waals surface area contributed by atoms with E-state index in [4.69, 9.17) is 0 Å². The summed E-state index contributed by atoms with van der Waals surface area (Å²) in [4.78, 5) is 18.4. The molecule has 1 aliphatic rings. The first-order valence-corrected chi connectivity index (χ1v) is 8.44. The van der Waals surface area contributed by atoms with Gasteiger partial charge in [0.05, 0.1) is 17.6 Å². The van der Waals surface area contributed by atoms with Crippen LogP contribution in [0.4, 0.5) is 0 Å². The van der Waals surface area contributed by atoms with Crippen molar-refractivity contribution in [3.63, 3.8) is 0 Å². The number of hydrogen-bond donors (Lipinski definition) is 0. The number of thiazole rings is 1. The second kappa shape index (κ2) is 6.85. The monoisotopic (exact) mass is 300 g/mol. The Morgan fingerprint density at radius 2 is 2.00 bits per heavy atom. The van der Waals surface area contributed by atoms with E-state index in [9.17, 15) is 4.79 Å². The van der Waals surface area contributed by atoms with Gasteiger partial charge in [0, 0.05) is 18.5 Å². The van der Waals surface area contributed by atoms with Gasteiger partial charge in [0.25, 0.3) is 0 Å². The number of amides is 1. The Bertz CT molecular complexity index is 560. The molecule has 110 valence electrons. The quantitative estimate of drug-likeness (QED) is 0.869. The molecule has 4 heteroatoms. The highest BCUT2D eigenvalue weighted by Crippen LogP contribution is 2.22. The summed E-state index contributed by atoms with van der Waals surface area (Å²) >= 11 is 1.55. The Hall–Kier alpha value is -1.68. The average Bonchev–Trinajstić information content (AvgIpc) is 3.02. The fourth-order valence-electron chi connectivity index (χ4n) is 2.93. The predicted molar refractivity (Wildman–Crippen MR) is 85.3 cm³/mol. The Balaban J connectivity index is 1.47. The summed E-state index contributed by atoms with van der Waals surface area (Å²) in [5, 5.41) is 1.96. The zero-order valence-corrected chi connectivity index (χ0v) is 12.9. The first-order chi connectivity index (χ1) is 10.3. The highest BCUT2D eigenvalue weighted by Gasteiger charge is 2.23. The summed E-state index contributed by atoms with van der Waals surface area (Å²) in [6.45, 7) is 1.78. The van der Waals surface area contributed by atoms with E-state index < -0.39 is 0 Å². The van der Waals surface area contributed by atoms with Crippen LogP contribution in [-0.2, 0) is 17.6 Å². The summed E-state index contributed by atoms with van der Waals surface area (Å²) in [5.74, 6) is 0.926. The van der Waals surface area contributed by atoms with E-state index in [2.05, 4.69) is 35.3 Å². The van der Waals surface area contributed by atoms with Crippen molar-refractivity contribution >= 4 is 17.2 Å². The molecule has 0 radical (unpaired) electrons. The number of carbonyl (C=O) groups is 1. The maximum absolute atomic E-state index is 12.2. The second-order valence-electron chi connectivity index (χ2n) is 5.67. The van der Waals surface area contributed by atoms with Crippen LogP contribution in [0.3, 0.4) is 0 Å². The minimum Gasteiger partial charge on any atom is -0.342 e. The molecule has 3 rings (SSSR count). The van der Waals surface area contributed by atoms with E-state index in [1.807, 2.05) is 10.3 Å². The molecule has 2 heterocycles. The number of aromatic nitrogens is 1. The van der Waals surface area contributed by atoms with Crippen LogP contribution in [0, 0.1) is 5.92 Å². The van der Waals surface area contributed by atoms with Crippen LogP contribution in [-0.4, -0.2) is 28.9 Å². The number of rotatable bonds is 4. The maximum Gasteiger partial charge on any atom is 0.228 e. The van der Waals surface area contributed by atoms with Gasteiger partial charge in [-0.2, -0.15) is 0 Å². The lowest BCUT2D eigenvalue weighted by Crippen LogP contribution is -2.39. The minimum atomic E-state index is 0.221. The molecule has 3 nitrogen and oxygen atoms in total. The third-order valence-electron chi connectivity index (χ3n) is 4.15. The smallest absolute Gasteiger partial charge is 0.228 e. The Morgan fingerprint density at radius 3 is 2.67 bits per heavy atom. The SMILES string of the molecule is O=C(Cc1cscn1)N1CCC(Cc2ccccc2)CC1. The van der Waals surface area contributed by atoms with Crippen molar-refractivity contribution in [1.82, 2.24) is 9.88 Å². The summed E-state index contributed by atoms with van der Waals surface area (Å²) in [5.41, 5.74) is 4.09. The van der Waals surface area contributed by atoms with Gasteiger partial charge in [0.15, 0.2) is 0 Å². The molecular weight excluding hydrogens is 280 g/mol. The van der Waals surface area contributed by atoms with Crippen LogP contribution in [0.1, 0.15) is 24.1 Å². The molecule has 1 aromatic heterocycles. The predicted octanol–water partition coefficient (Wildman–Crippen LogP) is 3.17. The number of nitrogens with zero attached hydrogens (tertiary/aromatic N) is 2. The first kappa shape index (κ1) is 14.3. The van der Waals surface area contributed by atoms with Crippen LogP contribution in [0.15, 0.2) is 41.2 Å². The topological polar surface area (TPSA) is 33.2 Å². The normalized spacial score (nSPS) is 16.1. The van der Waals surface area contributed by atoms with Crippen molar-refractivity contribution in [3.05, 3.63) is 52.5 Å². The highest BCUT2D eigenvalue weighted by atomic mass is 32.1. The third-order valence-corrected chi connectivity index (χ3v) is 4.79. The minimum absolute atomic E-state index is 0.221. The number of likely N-dealkylation sites (tertiary alicyclic amines) is 1. The van der Waals surface area contributed by atoms with Crippen LogP contribution in [0.2, 0.25) is 0 Å². The standard InChI is InChI=1S/C17H20N2OS/c20-17(11-16-12-21-13-18-16)19-8-6-15(7-9-19)10-14-4-2-1-3-5-14/h1-5,12-13,15H,6-11H2. The molecule has 1 aromatic carbocycles. The molecule has 0 aliphatic carbocycles. The van der Waals surface area contributed by atoms with E-state index >= 15 is 0 Å². The lowest BCUT2D eigenvalue weighted by molar-refractivity contribution is -0.131. The Kier molecular flexibility index (Phi) is 4.65. The molecule has 1 aliphatic heterocycles. The molecule has 0 atom stereocenters. The molecule has 2 aromatic rings. The zero-order valence-electron chi connectivity index (χ0n) is 12.1. The number of benzene rings is 1. The van der Waals surface area contributed by atoms with E-state index in [1.165, 1.54) is 5.56 Å². The van der Waals surface area contributed by atoms with Crippen molar-refractivity contribution in [1.29, 1.82) is 0 Å². The zero-order chi connectivity index (χ0) is 14.5. The maximum atomic E-state index is 12.2. The summed E-state index contributed by atoms with van der Waals surface area (Å²) in [7, 11) is 0. The summed E-state index contributed by atoms with van der Waals surface area (Å²) < 4.78 is 0. The molecule has 0 unspecified atom stereocenters. The fourth-order valence-corrected chi connectivity index (χ4v) is 3.48. The molecule has 21 heavy (non-hydrogen) atoms. The second-order valence-corrected chi connectivity index (χ2v) is 6.39. The van der Waals surface area contributed by atoms with E-state index in [0.29, 0.717) is 12.3 Å². The van der Waals surface area contributed by atoms with Gasteiger partial charge in [-0.1, -0.05) is 30.3 Å². The van der Waals surface area contributed by atoms with Gasteiger partial charge < -0.3 is 4.90 Å².